The number of halogens is 1. The molecule has 2 nitrogen and oxygen atoms in total. The van der Waals surface area contributed by atoms with Gasteiger partial charge >= 0.3 is 0 Å². The fourth-order valence-electron chi connectivity index (χ4n) is 2.79. The summed E-state index contributed by atoms with van der Waals surface area (Å²) in [6, 6.07) is 6.31. The normalized spacial score (nSPS) is 25.3. The van der Waals surface area contributed by atoms with E-state index in [1.807, 2.05) is 12.1 Å². The molecule has 1 saturated heterocycles. The Balaban J connectivity index is 2.21. The zero-order chi connectivity index (χ0) is 14.2. The van der Waals surface area contributed by atoms with Gasteiger partial charge in [-0.1, -0.05) is 12.1 Å². The average molecular weight is 264 g/mol. The van der Waals surface area contributed by atoms with Gasteiger partial charge in [0, 0.05) is 30.7 Å². The van der Waals surface area contributed by atoms with Gasteiger partial charge in [-0.05, 0) is 51.8 Å². The number of nitrogens with zero attached hydrogens (tertiary/aromatic N) is 1. The minimum atomic E-state index is -0.105. The molecule has 0 radical (unpaired) electrons. The Labute approximate surface area is 116 Å². The van der Waals surface area contributed by atoms with E-state index in [1.54, 1.807) is 13.0 Å². The van der Waals surface area contributed by atoms with Crippen LogP contribution in [0.25, 0.3) is 0 Å². The Hall–Kier alpha value is -0.930. The number of hydrogen-bond acceptors (Lipinski definition) is 2. The van der Waals surface area contributed by atoms with Crippen molar-refractivity contribution >= 4 is 0 Å². The Bertz CT molecular complexity index is 456. The molecule has 1 aliphatic heterocycles. The SMILES string of the molecule is Cc1ccc(C(C)N2CC(C)(C)NCC2C)cc1F. The molecule has 2 rings (SSSR count). The monoisotopic (exact) mass is 264 g/mol. The predicted molar refractivity (Wildman–Crippen MR) is 77.8 cm³/mol. The van der Waals surface area contributed by atoms with Crippen molar-refractivity contribution in [3.63, 3.8) is 0 Å². The largest absolute Gasteiger partial charge is 0.309 e. The van der Waals surface area contributed by atoms with Crippen molar-refractivity contribution in [1.82, 2.24) is 10.2 Å². The standard InChI is InChI=1S/C16H25FN2/c1-11-6-7-14(8-15(11)17)13(3)19-10-16(4,5)18-9-12(19)2/h6-8,12-13,18H,9-10H2,1-5H3. The second-order valence-corrected chi connectivity index (χ2v) is 6.47. The van der Waals surface area contributed by atoms with E-state index in [0.29, 0.717) is 11.6 Å². The van der Waals surface area contributed by atoms with E-state index < -0.39 is 0 Å². The molecule has 0 aliphatic carbocycles. The average Bonchev–Trinajstić information content (AvgIpc) is 2.35. The topological polar surface area (TPSA) is 15.3 Å². The van der Waals surface area contributed by atoms with Crippen molar-refractivity contribution in [3.8, 4) is 0 Å². The van der Waals surface area contributed by atoms with Gasteiger partial charge in [0.15, 0.2) is 0 Å². The number of aryl methyl sites for hydroxylation is 1. The van der Waals surface area contributed by atoms with Crippen molar-refractivity contribution in [1.29, 1.82) is 0 Å². The first-order chi connectivity index (χ1) is 8.80. The first-order valence-corrected chi connectivity index (χ1v) is 7.07. The molecule has 1 fully saturated rings. The molecule has 0 saturated carbocycles. The summed E-state index contributed by atoms with van der Waals surface area (Å²) in [5, 5.41) is 3.55. The molecular weight excluding hydrogens is 239 g/mol. The highest BCUT2D eigenvalue weighted by Crippen LogP contribution is 2.28. The maximum atomic E-state index is 13.7. The first kappa shape index (κ1) is 14.5. The Morgan fingerprint density at radius 1 is 1.42 bits per heavy atom. The van der Waals surface area contributed by atoms with Gasteiger partial charge in [-0.3, -0.25) is 4.90 Å². The van der Waals surface area contributed by atoms with Crippen molar-refractivity contribution < 1.29 is 4.39 Å². The van der Waals surface area contributed by atoms with Gasteiger partial charge in [-0.2, -0.15) is 0 Å². The highest BCUT2D eigenvalue weighted by molar-refractivity contribution is 5.26. The molecule has 1 aromatic rings. The zero-order valence-corrected chi connectivity index (χ0v) is 12.6. The quantitative estimate of drug-likeness (QED) is 0.882. The Morgan fingerprint density at radius 3 is 2.74 bits per heavy atom. The third-order valence-corrected chi connectivity index (χ3v) is 4.20. The number of benzene rings is 1. The van der Waals surface area contributed by atoms with E-state index in [1.165, 1.54) is 0 Å². The lowest BCUT2D eigenvalue weighted by molar-refractivity contribution is 0.0688. The summed E-state index contributed by atoms with van der Waals surface area (Å²) in [6.07, 6.45) is 0. The number of rotatable bonds is 2. The highest BCUT2D eigenvalue weighted by atomic mass is 19.1. The lowest BCUT2D eigenvalue weighted by atomic mass is 9.95. The van der Waals surface area contributed by atoms with Crippen LogP contribution in [0.5, 0.6) is 0 Å². The summed E-state index contributed by atoms with van der Waals surface area (Å²) in [6.45, 7) is 12.6. The summed E-state index contributed by atoms with van der Waals surface area (Å²) in [5.41, 5.74) is 1.89. The minimum absolute atomic E-state index is 0.105. The Morgan fingerprint density at radius 2 is 2.11 bits per heavy atom. The molecular formula is C16H25FN2. The molecule has 19 heavy (non-hydrogen) atoms. The van der Waals surface area contributed by atoms with E-state index in [-0.39, 0.29) is 17.4 Å². The van der Waals surface area contributed by atoms with Crippen LogP contribution in [0.3, 0.4) is 0 Å². The lowest BCUT2D eigenvalue weighted by Crippen LogP contribution is -2.61. The molecule has 0 amide bonds. The summed E-state index contributed by atoms with van der Waals surface area (Å²) in [7, 11) is 0. The van der Waals surface area contributed by atoms with Crippen molar-refractivity contribution in [2.45, 2.75) is 52.2 Å². The molecule has 0 aromatic heterocycles. The third-order valence-electron chi connectivity index (χ3n) is 4.20. The van der Waals surface area contributed by atoms with Crippen LogP contribution in [-0.4, -0.2) is 29.6 Å². The molecule has 2 unspecified atom stereocenters. The van der Waals surface area contributed by atoms with Crippen LogP contribution in [0.4, 0.5) is 4.39 Å². The molecule has 0 spiro atoms. The van der Waals surface area contributed by atoms with Crippen LogP contribution in [0.1, 0.15) is 44.9 Å². The number of nitrogens with one attached hydrogen (secondary N) is 1. The molecule has 1 heterocycles. The van der Waals surface area contributed by atoms with E-state index in [2.05, 4.69) is 37.9 Å². The molecule has 3 heteroatoms. The van der Waals surface area contributed by atoms with Crippen molar-refractivity contribution in [2.24, 2.45) is 0 Å². The van der Waals surface area contributed by atoms with Crippen LogP contribution in [-0.2, 0) is 0 Å². The summed E-state index contributed by atoms with van der Waals surface area (Å²) >= 11 is 0. The van der Waals surface area contributed by atoms with Gasteiger partial charge < -0.3 is 5.32 Å². The van der Waals surface area contributed by atoms with Crippen LogP contribution in [0.2, 0.25) is 0 Å². The molecule has 1 N–H and O–H groups in total. The van der Waals surface area contributed by atoms with Crippen LogP contribution >= 0.6 is 0 Å². The van der Waals surface area contributed by atoms with E-state index >= 15 is 0 Å². The van der Waals surface area contributed by atoms with Gasteiger partial charge in [0.1, 0.15) is 5.82 Å². The number of piperazine rings is 1. The number of hydrogen-bond donors (Lipinski definition) is 1. The molecule has 106 valence electrons. The van der Waals surface area contributed by atoms with E-state index in [0.717, 1.165) is 18.7 Å². The van der Waals surface area contributed by atoms with Crippen molar-refractivity contribution in [3.05, 3.63) is 35.1 Å². The van der Waals surface area contributed by atoms with Gasteiger partial charge in [-0.25, -0.2) is 4.39 Å². The van der Waals surface area contributed by atoms with Gasteiger partial charge in [-0.15, -0.1) is 0 Å². The predicted octanol–water partition coefficient (Wildman–Crippen LogP) is 3.27. The van der Waals surface area contributed by atoms with Gasteiger partial charge in [0.05, 0.1) is 0 Å². The zero-order valence-electron chi connectivity index (χ0n) is 12.6. The minimum Gasteiger partial charge on any atom is -0.309 e. The molecule has 0 bridgehead atoms. The van der Waals surface area contributed by atoms with Crippen LogP contribution in [0.15, 0.2) is 18.2 Å². The second-order valence-electron chi connectivity index (χ2n) is 6.47. The summed E-state index contributed by atoms with van der Waals surface area (Å²) in [5.74, 6) is -0.105. The fourth-order valence-corrected chi connectivity index (χ4v) is 2.79. The molecule has 2 atom stereocenters. The maximum Gasteiger partial charge on any atom is 0.126 e. The van der Waals surface area contributed by atoms with Crippen LogP contribution < -0.4 is 5.32 Å². The van der Waals surface area contributed by atoms with E-state index in [4.69, 9.17) is 0 Å². The molecule has 1 aliphatic rings. The smallest absolute Gasteiger partial charge is 0.126 e. The Kier molecular flexibility index (Phi) is 3.98. The van der Waals surface area contributed by atoms with Crippen molar-refractivity contribution in [2.75, 3.05) is 13.1 Å². The summed E-state index contributed by atoms with van der Waals surface area (Å²) < 4.78 is 13.7. The lowest BCUT2D eigenvalue weighted by Gasteiger charge is -2.46. The third kappa shape index (κ3) is 3.15. The molecule has 1 aromatic carbocycles. The van der Waals surface area contributed by atoms with Crippen LogP contribution in [0, 0.1) is 12.7 Å². The fraction of sp³-hybridized carbons (Fsp3) is 0.625. The first-order valence-electron chi connectivity index (χ1n) is 7.07. The maximum absolute atomic E-state index is 13.7. The van der Waals surface area contributed by atoms with Gasteiger partial charge in [0.25, 0.3) is 0 Å². The highest BCUT2D eigenvalue weighted by Gasteiger charge is 2.33. The van der Waals surface area contributed by atoms with Gasteiger partial charge in [0.2, 0.25) is 0 Å². The summed E-state index contributed by atoms with van der Waals surface area (Å²) in [4.78, 5) is 2.46. The van der Waals surface area contributed by atoms with E-state index in [9.17, 15) is 4.39 Å². The second kappa shape index (κ2) is 5.22.